The van der Waals surface area contributed by atoms with Gasteiger partial charge in [0.05, 0.1) is 0 Å². The highest BCUT2D eigenvalue weighted by Gasteiger charge is 1.97. The van der Waals surface area contributed by atoms with E-state index < -0.39 is 11.9 Å². The van der Waals surface area contributed by atoms with Gasteiger partial charge < -0.3 is 9.64 Å². The molecule has 0 heterocycles. The molecule has 68 valence electrons. The van der Waals surface area contributed by atoms with E-state index in [4.69, 9.17) is 0 Å². The fraction of sp³-hybridized carbons (Fsp3) is 0.500. The normalized spacial score (nSPS) is 7.67. The number of terminal acetylenes is 1. The fourth-order valence-electron chi connectivity index (χ4n) is 0.160. The van der Waals surface area contributed by atoms with Crippen LogP contribution in [0.25, 0.3) is 0 Å². The third kappa shape index (κ3) is 23.4. The van der Waals surface area contributed by atoms with Crippen LogP contribution in [0.1, 0.15) is 6.92 Å². The number of hydrogen-bond donors (Lipinski definition) is 0. The largest absolute Gasteiger partial charge is 0.391 e. The van der Waals surface area contributed by atoms with Crippen LogP contribution < -0.4 is 0 Å². The van der Waals surface area contributed by atoms with E-state index in [0.717, 1.165) is 6.92 Å². The van der Waals surface area contributed by atoms with Crippen LogP contribution in [-0.2, 0) is 14.3 Å². The summed E-state index contributed by atoms with van der Waals surface area (Å²) in [5.41, 5.74) is 0. The first-order chi connectivity index (χ1) is 5.40. The zero-order valence-electron chi connectivity index (χ0n) is 7.75. The maximum Gasteiger partial charge on any atom is 0.391 e. The summed E-state index contributed by atoms with van der Waals surface area (Å²) in [6.45, 7) is 1.11. The van der Waals surface area contributed by atoms with Crippen molar-refractivity contribution < 1.29 is 14.3 Å². The van der Waals surface area contributed by atoms with Gasteiger partial charge in [-0.2, -0.15) is 0 Å². The maximum absolute atomic E-state index is 9.94. The third-order valence-corrected chi connectivity index (χ3v) is 0.354. The van der Waals surface area contributed by atoms with Gasteiger partial charge in [0, 0.05) is 12.8 Å². The predicted octanol–water partition coefficient (Wildman–Crippen LogP) is -0.113. The molecule has 0 saturated carbocycles. The molecule has 0 radical (unpaired) electrons. The topological polar surface area (TPSA) is 46.6 Å². The van der Waals surface area contributed by atoms with E-state index in [-0.39, 0.29) is 0 Å². The van der Waals surface area contributed by atoms with Crippen LogP contribution in [0, 0.1) is 12.3 Å². The lowest BCUT2D eigenvalue weighted by molar-refractivity contribution is -0.153. The van der Waals surface area contributed by atoms with Gasteiger partial charge in [-0.3, -0.25) is 4.79 Å². The molecular weight excluding hydrogens is 158 g/mol. The molecule has 0 atom stereocenters. The van der Waals surface area contributed by atoms with Crippen molar-refractivity contribution in [3.05, 3.63) is 0 Å². The molecule has 0 spiro atoms. The van der Waals surface area contributed by atoms with Gasteiger partial charge in [0.1, 0.15) is 0 Å². The van der Waals surface area contributed by atoms with E-state index >= 15 is 0 Å². The van der Waals surface area contributed by atoms with Crippen LogP contribution >= 0.6 is 0 Å². The molecule has 0 saturated heterocycles. The lowest BCUT2D eigenvalue weighted by Crippen LogP contribution is -2.05. The van der Waals surface area contributed by atoms with Crippen LogP contribution in [0.4, 0.5) is 0 Å². The predicted molar refractivity (Wildman–Crippen MR) is 45.2 cm³/mol. The maximum atomic E-state index is 9.94. The van der Waals surface area contributed by atoms with Crippen molar-refractivity contribution in [2.75, 3.05) is 21.1 Å². The summed E-state index contributed by atoms with van der Waals surface area (Å²) in [6, 6.07) is 0. The molecule has 4 nitrogen and oxygen atoms in total. The van der Waals surface area contributed by atoms with E-state index in [9.17, 15) is 9.59 Å². The van der Waals surface area contributed by atoms with Gasteiger partial charge >= 0.3 is 11.9 Å². The van der Waals surface area contributed by atoms with Crippen molar-refractivity contribution in [1.29, 1.82) is 0 Å². The number of ether oxygens (including phenoxy) is 1. The smallest absolute Gasteiger partial charge is 0.383 e. The number of esters is 2. The summed E-state index contributed by atoms with van der Waals surface area (Å²) in [6.07, 6.45) is 4.54. The van der Waals surface area contributed by atoms with Crippen molar-refractivity contribution in [2.24, 2.45) is 0 Å². The lowest BCUT2D eigenvalue weighted by Gasteiger charge is -1.90. The fourth-order valence-corrected chi connectivity index (χ4v) is 0.160. The van der Waals surface area contributed by atoms with Crippen molar-refractivity contribution >= 4 is 11.9 Å². The average molecular weight is 171 g/mol. The Morgan fingerprint density at radius 3 is 1.75 bits per heavy atom. The Morgan fingerprint density at radius 2 is 1.67 bits per heavy atom. The molecule has 0 aliphatic rings. The number of hydrogen-bond acceptors (Lipinski definition) is 4. The summed E-state index contributed by atoms with van der Waals surface area (Å²) >= 11 is 0. The van der Waals surface area contributed by atoms with Gasteiger partial charge in [-0.25, -0.2) is 4.79 Å². The first kappa shape index (κ1) is 13.3. The van der Waals surface area contributed by atoms with Gasteiger partial charge in [0.25, 0.3) is 0 Å². The van der Waals surface area contributed by atoms with Crippen molar-refractivity contribution in [3.63, 3.8) is 0 Å². The highest BCUT2D eigenvalue weighted by Crippen LogP contribution is 1.74. The summed E-state index contributed by atoms with van der Waals surface area (Å²) in [5.74, 6) is -0.0195. The Morgan fingerprint density at radius 1 is 1.33 bits per heavy atom. The highest BCUT2D eigenvalue weighted by atomic mass is 16.6. The van der Waals surface area contributed by atoms with E-state index in [0.29, 0.717) is 0 Å². The molecule has 0 rings (SSSR count). The molecule has 4 heteroatoms. The average Bonchev–Trinajstić information content (AvgIpc) is 1.84. The van der Waals surface area contributed by atoms with E-state index in [1.54, 1.807) is 5.92 Å². The zero-order valence-corrected chi connectivity index (χ0v) is 7.75. The van der Waals surface area contributed by atoms with E-state index in [2.05, 4.69) is 11.2 Å². The standard InChI is InChI=1S/C5H4O3.C3H9N/c1-3-5(7)8-4(2)6;1-4(2)3/h1H,2H3;1-3H3. The Bertz CT molecular complexity index is 188. The summed E-state index contributed by atoms with van der Waals surface area (Å²) in [5, 5.41) is 0. The molecule has 0 bridgehead atoms. The Labute approximate surface area is 72.5 Å². The number of carbonyl (C=O) groups excluding carboxylic acids is 2. The van der Waals surface area contributed by atoms with Crippen molar-refractivity contribution in [2.45, 2.75) is 6.92 Å². The molecule has 0 amide bonds. The summed E-state index contributed by atoms with van der Waals surface area (Å²) < 4.78 is 3.89. The number of carbonyl (C=O) groups is 2. The number of nitrogens with zero attached hydrogens (tertiary/aromatic N) is 1. The van der Waals surface area contributed by atoms with Crippen LogP contribution in [0.3, 0.4) is 0 Å². The van der Waals surface area contributed by atoms with Gasteiger partial charge in [-0.15, -0.1) is 6.42 Å². The molecule has 0 fully saturated rings. The molecule has 0 aromatic carbocycles. The van der Waals surface area contributed by atoms with Crippen LogP contribution in [-0.4, -0.2) is 38.0 Å². The Balaban J connectivity index is 0. The molecule has 0 unspecified atom stereocenters. The van der Waals surface area contributed by atoms with Gasteiger partial charge in [-0.05, 0) is 21.1 Å². The van der Waals surface area contributed by atoms with E-state index in [1.807, 2.05) is 26.0 Å². The van der Waals surface area contributed by atoms with Crippen molar-refractivity contribution in [1.82, 2.24) is 4.90 Å². The second kappa shape index (κ2) is 7.76. The Hall–Kier alpha value is -1.34. The monoisotopic (exact) mass is 171 g/mol. The summed E-state index contributed by atoms with van der Waals surface area (Å²) in [4.78, 5) is 21.8. The SMILES string of the molecule is C#CC(=O)OC(C)=O.CN(C)C. The Kier molecular flexibility index (Phi) is 8.58. The van der Waals surface area contributed by atoms with Crippen LogP contribution in [0.5, 0.6) is 0 Å². The minimum Gasteiger partial charge on any atom is -0.383 e. The highest BCUT2D eigenvalue weighted by molar-refractivity contribution is 5.95. The van der Waals surface area contributed by atoms with Gasteiger partial charge in [0.15, 0.2) is 0 Å². The molecule has 0 N–H and O–H groups in total. The van der Waals surface area contributed by atoms with Crippen molar-refractivity contribution in [3.8, 4) is 12.3 Å². The van der Waals surface area contributed by atoms with Crippen LogP contribution in [0.2, 0.25) is 0 Å². The first-order valence-electron chi connectivity index (χ1n) is 3.20. The third-order valence-electron chi connectivity index (χ3n) is 0.354. The first-order valence-corrected chi connectivity index (χ1v) is 3.20. The second-order valence-electron chi connectivity index (χ2n) is 2.37. The molecule has 0 aliphatic heterocycles. The minimum absolute atomic E-state index is 0.687. The van der Waals surface area contributed by atoms with Gasteiger partial charge in [-0.1, -0.05) is 0 Å². The minimum atomic E-state index is -0.947. The van der Waals surface area contributed by atoms with E-state index in [1.165, 1.54) is 0 Å². The second-order valence-corrected chi connectivity index (χ2v) is 2.37. The van der Waals surface area contributed by atoms with Gasteiger partial charge in [0.2, 0.25) is 0 Å². The quantitative estimate of drug-likeness (QED) is 0.221. The summed E-state index contributed by atoms with van der Waals surface area (Å²) in [7, 11) is 6.00. The zero-order chi connectivity index (χ0) is 10.1. The molecule has 0 aromatic rings. The molecule has 0 aromatic heterocycles. The molecular formula is C8H13NO3. The number of rotatable bonds is 0. The molecule has 12 heavy (non-hydrogen) atoms. The molecule has 0 aliphatic carbocycles. The van der Waals surface area contributed by atoms with Crippen LogP contribution in [0.15, 0.2) is 0 Å². The lowest BCUT2D eigenvalue weighted by atomic mass is 10.7.